The number of carbonyl (C=O) groups is 1. The van der Waals surface area contributed by atoms with Gasteiger partial charge in [-0.15, -0.1) is 0 Å². The smallest absolute Gasteiger partial charge is 0.243 e. The van der Waals surface area contributed by atoms with E-state index in [9.17, 15) is 13.2 Å². The summed E-state index contributed by atoms with van der Waals surface area (Å²) in [5, 5.41) is 3.23. The molecule has 33 heavy (non-hydrogen) atoms. The van der Waals surface area contributed by atoms with E-state index in [0.29, 0.717) is 31.7 Å². The van der Waals surface area contributed by atoms with Crippen LogP contribution in [0, 0.1) is 5.92 Å². The molecule has 1 N–H and O–H groups in total. The van der Waals surface area contributed by atoms with Crippen LogP contribution >= 0.6 is 0 Å². The Morgan fingerprint density at radius 3 is 2.45 bits per heavy atom. The lowest BCUT2D eigenvalue weighted by molar-refractivity contribution is -0.127. The average Bonchev–Trinajstić information content (AvgIpc) is 2.88. The van der Waals surface area contributed by atoms with Gasteiger partial charge in [0.2, 0.25) is 15.9 Å². The number of hydrogen-bond acceptors (Lipinski definition) is 6. The Labute approximate surface area is 197 Å². The SMILES string of the molecule is COc1ccc(S(=O)(=O)N2CCCC(C(=O)NCC3(N4CCOCC4)CCCCC3)C2)cc1. The molecular formula is C24H37N3O5S. The number of hydrogen-bond donors (Lipinski definition) is 1. The van der Waals surface area contributed by atoms with E-state index < -0.39 is 10.0 Å². The molecule has 8 nitrogen and oxygen atoms in total. The molecule has 2 heterocycles. The molecule has 0 aromatic heterocycles. The van der Waals surface area contributed by atoms with Gasteiger partial charge in [-0.05, 0) is 49.9 Å². The van der Waals surface area contributed by atoms with Crippen molar-refractivity contribution in [3.63, 3.8) is 0 Å². The van der Waals surface area contributed by atoms with Crippen LogP contribution in [0.4, 0.5) is 0 Å². The highest BCUT2D eigenvalue weighted by molar-refractivity contribution is 7.89. The van der Waals surface area contributed by atoms with Crippen molar-refractivity contribution >= 4 is 15.9 Å². The number of piperidine rings is 1. The number of morpholine rings is 1. The summed E-state index contributed by atoms with van der Waals surface area (Å²) in [6, 6.07) is 6.42. The van der Waals surface area contributed by atoms with Crippen molar-refractivity contribution in [2.24, 2.45) is 5.92 Å². The van der Waals surface area contributed by atoms with Gasteiger partial charge in [-0.25, -0.2) is 8.42 Å². The topological polar surface area (TPSA) is 88.2 Å². The Morgan fingerprint density at radius 1 is 1.09 bits per heavy atom. The van der Waals surface area contributed by atoms with E-state index >= 15 is 0 Å². The monoisotopic (exact) mass is 479 g/mol. The Balaban J connectivity index is 1.39. The summed E-state index contributed by atoms with van der Waals surface area (Å²) in [5.74, 6) is 0.265. The van der Waals surface area contributed by atoms with Crippen LogP contribution in [-0.4, -0.2) is 82.1 Å². The largest absolute Gasteiger partial charge is 0.497 e. The van der Waals surface area contributed by atoms with Crippen LogP contribution < -0.4 is 10.1 Å². The summed E-state index contributed by atoms with van der Waals surface area (Å²) in [6.07, 6.45) is 7.20. The van der Waals surface area contributed by atoms with Crippen LogP contribution in [0.1, 0.15) is 44.9 Å². The number of sulfonamides is 1. The zero-order chi connectivity index (χ0) is 23.3. The van der Waals surface area contributed by atoms with Crippen molar-refractivity contribution < 1.29 is 22.7 Å². The van der Waals surface area contributed by atoms with Crippen molar-refractivity contribution in [2.45, 2.75) is 55.4 Å². The molecule has 4 rings (SSSR count). The fourth-order valence-corrected chi connectivity index (χ4v) is 7.04. The molecule has 3 aliphatic rings. The maximum absolute atomic E-state index is 13.2. The van der Waals surface area contributed by atoms with Crippen molar-refractivity contribution in [1.82, 2.24) is 14.5 Å². The Morgan fingerprint density at radius 2 is 1.79 bits per heavy atom. The van der Waals surface area contributed by atoms with E-state index in [1.807, 2.05) is 0 Å². The Bertz CT molecular complexity index is 893. The van der Waals surface area contributed by atoms with E-state index in [0.717, 1.165) is 39.1 Å². The van der Waals surface area contributed by atoms with E-state index in [1.54, 1.807) is 31.4 Å². The Hall–Kier alpha value is -1.68. The predicted molar refractivity (Wildman–Crippen MR) is 126 cm³/mol. The fraction of sp³-hybridized carbons (Fsp3) is 0.708. The summed E-state index contributed by atoms with van der Waals surface area (Å²) in [6.45, 7) is 4.61. The number of nitrogens with one attached hydrogen (secondary N) is 1. The number of carbonyl (C=O) groups excluding carboxylic acids is 1. The summed E-state index contributed by atoms with van der Waals surface area (Å²) < 4.78 is 38.4. The molecule has 2 saturated heterocycles. The van der Waals surface area contributed by atoms with Crippen LogP contribution in [-0.2, 0) is 19.6 Å². The lowest BCUT2D eigenvalue weighted by Crippen LogP contribution is -2.60. The van der Waals surface area contributed by atoms with E-state index in [-0.39, 0.29) is 28.8 Å². The van der Waals surface area contributed by atoms with Crippen LogP contribution in [0.3, 0.4) is 0 Å². The van der Waals surface area contributed by atoms with Gasteiger partial charge in [-0.3, -0.25) is 9.69 Å². The average molecular weight is 480 g/mol. The zero-order valence-corrected chi connectivity index (χ0v) is 20.4. The summed E-state index contributed by atoms with van der Waals surface area (Å²) in [5.41, 5.74) is 0.00121. The normalized spacial score (nSPS) is 24.8. The van der Waals surface area contributed by atoms with E-state index in [4.69, 9.17) is 9.47 Å². The summed E-state index contributed by atoms with van der Waals surface area (Å²) in [7, 11) is -2.09. The van der Waals surface area contributed by atoms with Crippen molar-refractivity contribution in [3.05, 3.63) is 24.3 Å². The van der Waals surface area contributed by atoms with Gasteiger partial charge in [0.15, 0.2) is 0 Å². The minimum Gasteiger partial charge on any atom is -0.497 e. The molecule has 1 aromatic carbocycles. The third-order valence-corrected chi connectivity index (χ3v) is 9.39. The van der Waals surface area contributed by atoms with Crippen molar-refractivity contribution in [1.29, 1.82) is 0 Å². The second-order valence-corrected chi connectivity index (χ2v) is 11.4. The van der Waals surface area contributed by atoms with Crippen LogP contribution in [0.2, 0.25) is 0 Å². The highest BCUT2D eigenvalue weighted by Gasteiger charge is 2.40. The second-order valence-electron chi connectivity index (χ2n) is 9.48. The molecule has 1 atom stereocenters. The standard InChI is InChI=1S/C24H37N3O5S/c1-31-21-7-9-22(10-8-21)33(29,30)27-13-5-6-20(18-27)23(28)25-19-24(11-3-2-4-12-24)26-14-16-32-17-15-26/h7-10,20H,2-6,11-19H2,1H3,(H,25,28). The maximum atomic E-state index is 13.2. The van der Waals surface area contributed by atoms with Gasteiger partial charge in [0.25, 0.3) is 0 Å². The number of rotatable bonds is 7. The molecule has 1 amide bonds. The third-order valence-electron chi connectivity index (χ3n) is 7.51. The molecule has 0 bridgehead atoms. The Kier molecular flexibility index (Phi) is 7.94. The molecule has 3 fully saturated rings. The summed E-state index contributed by atoms with van der Waals surface area (Å²) in [4.78, 5) is 15.9. The minimum absolute atomic E-state index is 0.00121. The molecule has 9 heteroatoms. The van der Waals surface area contributed by atoms with Gasteiger partial charge in [0, 0.05) is 38.3 Å². The first kappa shape index (κ1) is 24.4. The van der Waals surface area contributed by atoms with Gasteiger partial charge in [-0.2, -0.15) is 4.31 Å². The number of nitrogens with zero attached hydrogens (tertiary/aromatic N) is 2. The molecular weight excluding hydrogens is 442 g/mol. The molecule has 0 spiro atoms. The highest BCUT2D eigenvalue weighted by Crippen LogP contribution is 2.34. The first-order valence-electron chi connectivity index (χ1n) is 12.2. The molecule has 1 aliphatic carbocycles. The quantitative estimate of drug-likeness (QED) is 0.645. The second kappa shape index (κ2) is 10.7. The molecule has 2 aliphatic heterocycles. The molecule has 184 valence electrons. The first-order valence-corrected chi connectivity index (χ1v) is 13.6. The van der Waals surface area contributed by atoms with Gasteiger partial charge in [0.1, 0.15) is 5.75 Å². The van der Waals surface area contributed by atoms with E-state index in [1.165, 1.54) is 23.6 Å². The summed E-state index contributed by atoms with van der Waals surface area (Å²) >= 11 is 0. The van der Waals surface area contributed by atoms with Crippen LogP contribution in [0.25, 0.3) is 0 Å². The maximum Gasteiger partial charge on any atom is 0.243 e. The molecule has 1 unspecified atom stereocenters. The number of ether oxygens (including phenoxy) is 2. The lowest BCUT2D eigenvalue weighted by atomic mass is 9.79. The van der Waals surface area contributed by atoms with Crippen LogP contribution in [0.5, 0.6) is 5.75 Å². The van der Waals surface area contributed by atoms with Crippen molar-refractivity contribution in [3.8, 4) is 5.75 Å². The molecule has 0 radical (unpaired) electrons. The van der Waals surface area contributed by atoms with Crippen molar-refractivity contribution in [2.75, 3.05) is 53.0 Å². The van der Waals surface area contributed by atoms with Gasteiger partial charge < -0.3 is 14.8 Å². The number of amides is 1. The molecule has 1 aromatic rings. The lowest BCUT2D eigenvalue weighted by Gasteiger charge is -2.48. The third kappa shape index (κ3) is 5.53. The minimum atomic E-state index is -3.64. The zero-order valence-electron chi connectivity index (χ0n) is 19.6. The number of methoxy groups -OCH3 is 1. The predicted octanol–water partition coefficient (Wildman–Crippen LogP) is 2.25. The molecule has 1 saturated carbocycles. The first-order chi connectivity index (χ1) is 15.9. The van der Waals surface area contributed by atoms with Gasteiger partial charge in [-0.1, -0.05) is 19.3 Å². The van der Waals surface area contributed by atoms with Gasteiger partial charge >= 0.3 is 0 Å². The van der Waals surface area contributed by atoms with E-state index in [2.05, 4.69) is 10.2 Å². The number of benzene rings is 1. The highest BCUT2D eigenvalue weighted by atomic mass is 32.2. The van der Waals surface area contributed by atoms with Crippen LogP contribution in [0.15, 0.2) is 29.2 Å². The fourth-order valence-electron chi connectivity index (χ4n) is 5.52. The van der Waals surface area contributed by atoms with Gasteiger partial charge in [0.05, 0.1) is 31.1 Å².